The maximum Gasteiger partial charge on any atom is 0.127 e. The van der Waals surface area contributed by atoms with E-state index in [2.05, 4.69) is 23.5 Å². The molecule has 1 heterocycles. The van der Waals surface area contributed by atoms with Crippen LogP contribution in [0, 0.1) is 0 Å². The molecule has 1 atom stereocenters. The molecule has 0 saturated heterocycles. The first kappa shape index (κ1) is 14.7. The van der Waals surface area contributed by atoms with Gasteiger partial charge in [-0.25, -0.2) is 0 Å². The lowest BCUT2D eigenvalue weighted by Gasteiger charge is -2.35. The molecule has 1 aliphatic heterocycles. The molecule has 0 amide bonds. The van der Waals surface area contributed by atoms with Crippen molar-refractivity contribution in [3.8, 4) is 16.9 Å². The van der Waals surface area contributed by atoms with Crippen LogP contribution >= 0.6 is 24.0 Å². The zero-order valence-corrected chi connectivity index (χ0v) is 13.4. The Labute approximate surface area is 135 Å². The molecular weight excluding hydrogens is 305 g/mol. The van der Waals surface area contributed by atoms with E-state index in [0.29, 0.717) is 6.04 Å². The van der Waals surface area contributed by atoms with Gasteiger partial charge in [0, 0.05) is 16.6 Å². The van der Waals surface area contributed by atoms with Gasteiger partial charge in [0.25, 0.3) is 0 Å². The van der Waals surface area contributed by atoms with Crippen molar-refractivity contribution in [1.29, 1.82) is 0 Å². The standard InChI is InChI=1S/C17H16ClNO.ClH/c1-20-15-6-5-10-7-8-19-14-9-12-11(17(15)16(10)14)3-2-4-13(12)18;/h2-6,14,19H,7-9H2,1H3;1H. The van der Waals surface area contributed by atoms with E-state index in [9.17, 15) is 0 Å². The molecule has 2 aromatic carbocycles. The monoisotopic (exact) mass is 321 g/mol. The van der Waals surface area contributed by atoms with Gasteiger partial charge in [-0.2, -0.15) is 0 Å². The Morgan fingerprint density at radius 2 is 2.10 bits per heavy atom. The summed E-state index contributed by atoms with van der Waals surface area (Å²) >= 11 is 6.42. The number of ether oxygens (including phenoxy) is 1. The molecule has 0 saturated carbocycles. The second kappa shape index (κ2) is 5.53. The summed E-state index contributed by atoms with van der Waals surface area (Å²) in [5.41, 5.74) is 6.54. The highest BCUT2D eigenvalue weighted by molar-refractivity contribution is 6.31. The molecule has 1 N–H and O–H groups in total. The maximum absolute atomic E-state index is 6.42. The van der Waals surface area contributed by atoms with Gasteiger partial charge in [0.15, 0.2) is 0 Å². The fraction of sp³-hybridized carbons (Fsp3) is 0.294. The molecule has 2 aromatic rings. The fourth-order valence-corrected chi connectivity index (χ4v) is 3.82. The van der Waals surface area contributed by atoms with Crippen molar-refractivity contribution in [3.63, 3.8) is 0 Å². The van der Waals surface area contributed by atoms with E-state index in [0.717, 1.165) is 30.2 Å². The van der Waals surface area contributed by atoms with Crippen LogP contribution in [0.1, 0.15) is 22.7 Å². The molecule has 0 aromatic heterocycles. The summed E-state index contributed by atoms with van der Waals surface area (Å²) in [5.74, 6) is 0.945. The molecule has 1 aliphatic carbocycles. The minimum atomic E-state index is 0. The van der Waals surface area contributed by atoms with Gasteiger partial charge in [-0.05, 0) is 53.8 Å². The third-order valence-corrected chi connectivity index (χ3v) is 4.80. The first-order valence-corrected chi connectivity index (χ1v) is 7.38. The van der Waals surface area contributed by atoms with Crippen molar-refractivity contribution in [3.05, 3.63) is 52.0 Å². The summed E-state index contributed by atoms with van der Waals surface area (Å²) in [4.78, 5) is 0. The molecule has 2 nitrogen and oxygen atoms in total. The van der Waals surface area contributed by atoms with Gasteiger partial charge in [-0.1, -0.05) is 29.8 Å². The topological polar surface area (TPSA) is 21.3 Å². The van der Waals surface area contributed by atoms with Crippen LogP contribution in [-0.4, -0.2) is 13.7 Å². The number of methoxy groups -OCH3 is 1. The number of rotatable bonds is 1. The van der Waals surface area contributed by atoms with Crippen molar-refractivity contribution < 1.29 is 4.74 Å². The van der Waals surface area contributed by atoms with E-state index < -0.39 is 0 Å². The third-order valence-electron chi connectivity index (χ3n) is 4.45. The van der Waals surface area contributed by atoms with Gasteiger partial charge in [-0.3, -0.25) is 0 Å². The van der Waals surface area contributed by atoms with Crippen LogP contribution in [0.2, 0.25) is 5.02 Å². The summed E-state index contributed by atoms with van der Waals surface area (Å²) < 4.78 is 5.61. The van der Waals surface area contributed by atoms with Gasteiger partial charge in [0.1, 0.15) is 5.75 Å². The zero-order chi connectivity index (χ0) is 13.7. The van der Waals surface area contributed by atoms with E-state index in [1.807, 2.05) is 12.1 Å². The Morgan fingerprint density at radius 3 is 2.90 bits per heavy atom. The highest BCUT2D eigenvalue weighted by Crippen LogP contribution is 2.48. The number of fused-ring (bicyclic) bond motifs is 2. The number of halogens is 2. The van der Waals surface area contributed by atoms with Crippen LogP contribution < -0.4 is 10.1 Å². The van der Waals surface area contributed by atoms with E-state index in [1.54, 1.807) is 7.11 Å². The quantitative estimate of drug-likeness (QED) is 0.850. The number of hydrogen-bond acceptors (Lipinski definition) is 2. The fourth-order valence-electron chi connectivity index (χ4n) is 3.57. The summed E-state index contributed by atoms with van der Waals surface area (Å²) in [6.07, 6.45) is 2.04. The summed E-state index contributed by atoms with van der Waals surface area (Å²) in [6.45, 7) is 1.03. The summed E-state index contributed by atoms with van der Waals surface area (Å²) in [7, 11) is 1.74. The number of benzene rings is 2. The smallest absolute Gasteiger partial charge is 0.127 e. The van der Waals surface area contributed by atoms with E-state index >= 15 is 0 Å². The molecule has 21 heavy (non-hydrogen) atoms. The molecule has 4 rings (SSSR count). The summed E-state index contributed by atoms with van der Waals surface area (Å²) in [5, 5.41) is 4.48. The van der Waals surface area contributed by atoms with Gasteiger partial charge < -0.3 is 10.1 Å². The number of nitrogens with one attached hydrogen (secondary N) is 1. The Hall–Kier alpha value is -1.22. The van der Waals surface area contributed by atoms with Crippen LogP contribution in [0.5, 0.6) is 5.75 Å². The van der Waals surface area contributed by atoms with Crippen LogP contribution in [0.3, 0.4) is 0 Å². The van der Waals surface area contributed by atoms with E-state index in [1.165, 1.54) is 27.8 Å². The average molecular weight is 322 g/mol. The molecule has 1 unspecified atom stereocenters. The third kappa shape index (κ3) is 2.13. The Balaban J connectivity index is 0.00000132. The molecular formula is C17H17Cl2NO. The second-order valence-electron chi connectivity index (χ2n) is 5.44. The molecule has 0 fully saturated rings. The lowest BCUT2D eigenvalue weighted by molar-refractivity contribution is 0.412. The highest BCUT2D eigenvalue weighted by atomic mass is 35.5. The maximum atomic E-state index is 6.42. The lowest BCUT2D eigenvalue weighted by Crippen LogP contribution is -2.33. The molecule has 0 radical (unpaired) electrons. The molecule has 0 bridgehead atoms. The predicted octanol–water partition coefficient (Wildman–Crippen LogP) is 4.18. The Kier molecular flexibility index (Phi) is 3.87. The predicted molar refractivity (Wildman–Crippen MR) is 88.8 cm³/mol. The SMILES string of the molecule is COc1ccc2c3c1-c1cccc(Cl)c1CC3NCC2.Cl. The Morgan fingerprint density at radius 1 is 1.24 bits per heavy atom. The first-order valence-electron chi connectivity index (χ1n) is 7.00. The normalized spacial score (nSPS) is 18.3. The van der Waals surface area contributed by atoms with Gasteiger partial charge in [0.2, 0.25) is 0 Å². The molecule has 2 aliphatic rings. The molecule has 4 heteroatoms. The van der Waals surface area contributed by atoms with E-state index in [4.69, 9.17) is 16.3 Å². The van der Waals surface area contributed by atoms with Crippen molar-refractivity contribution in [2.75, 3.05) is 13.7 Å². The first-order chi connectivity index (χ1) is 9.79. The molecule has 110 valence electrons. The largest absolute Gasteiger partial charge is 0.496 e. The van der Waals surface area contributed by atoms with Crippen molar-refractivity contribution in [1.82, 2.24) is 5.32 Å². The van der Waals surface area contributed by atoms with Crippen LogP contribution in [0.25, 0.3) is 11.1 Å². The van der Waals surface area contributed by atoms with Gasteiger partial charge in [-0.15, -0.1) is 12.4 Å². The second-order valence-corrected chi connectivity index (χ2v) is 5.85. The van der Waals surface area contributed by atoms with Crippen molar-refractivity contribution in [2.24, 2.45) is 0 Å². The average Bonchev–Trinajstić information content (AvgIpc) is 2.49. The Bertz CT molecular complexity index is 699. The van der Waals surface area contributed by atoms with Gasteiger partial charge in [0.05, 0.1) is 7.11 Å². The highest BCUT2D eigenvalue weighted by Gasteiger charge is 2.32. The van der Waals surface area contributed by atoms with Crippen molar-refractivity contribution >= 4 is 24.0 Å². The van der Waals surface area contributed by atoms with Crippen LogP contribution in [-0.2, 0) is 12.8 Å². The zero-order valence-electron chi connectivity index (χ0n) is 11.8. The number of hydrogen-bond donors (Lipinski definition) is 1. The minimum Gasteiger partial charge on any atom is -0.496 e. The lowest BCUT2D eigenvalue weighted by atomic mass is 9.77. The van der Waals surface area contributed by atoms with E-state index in [-0.39, 0.29) is 12.4 Å². The minimum absolute atomic E-state index is 0. The van der Waals surface area contributed by atoms with Gasteiger partial charge >= 0.3 is 0 Å². The summed E-state index contributed by atoms with van der Waals surface area (Å²) in [6, 6.07) is 10.8. The van der Waals surface area contributed by atoms with Crippen LogP contribution in [0.15, 0.2) is 30.3 Å². The van der Waals surface area contributed by atoms with Crippen molar-refractivity contribution in [2.45, 2.75) is 18.9 Å². The molecule has 0 spiro atoms. The van der Waals surface area contributed by atoms with Crippen LogP contribution in [0.4, 0.5) is 0 Å².